The number of benzene rings is 1. The van der Waals surface area contributed by atoms with E-state index in [0.717, 1.165) is 31.5 Å². The summed E-state index contributed by atoms with van der Waals surface area (Å²) in [6.45, 7) is 9.37. The Morgan fingerprint density at radius 3 is 2.65 bits per heavy atom. The summed E-state index contributed by atoms with van der Waals surface area (Å²) in [6.07, 6.45) is 5.77. The van der Waals surface area contributed by atoms with Gasteiger partial charge in [0, 0.05) is 18.3 Å². The largest absolute Gasteiger partial charge is 0.444 e. The van der Waals surface area contributed by atoms with Crippen molar-refractivity contribution >= 4 is 6.09 Å². The molecule has 0 aliphatic carbocycles. The van der Waals surface area contributed by atoms with Crippen LogP contribution < -0.4 is 0 Å². The Morgan fingerprint density at radius 2 is 1.96 bits per heavy atom. The number of nitrogens with zero attached hydrogens (tertiary/aromatic N) is 3. The normalized spacial score (nSPS) is 20.8. The predicted molar refractivity (Wildman–Crippen MR) is 102 cm³/mol. The zero-order chi connectivity index (χ0) is 18.7. The molecule has 1 saturated heterocycles. The third kappa shape index (κ3) is 4.65. The van der Waals surface area contributed by atoms with Crippen LogP contribution in [0, 0.1) is 5.92 Å². The number of ether oxygens (including phenoxy) is 1. The van der Waals surface area contributed by atoms with Gasteiger partial charge >= 0.3 is 6.09 Å². The number of amides is 1. The summed E-state index contributed by atoms with van der Waals surface area (Å²) >= 11 is 0. The molecule has 2 heterocycles. The van der Waals surface area contributed by atoms with Crippen LogP contribution in [0.3, 0.4) is 0 Å². The van der Waals surface area contributed by atoms with Crippen LogP contribution in [-0.4, -0.2) is 32.9 Å². The molecule has 1 aromatic heterocycles. The molecular weight excluding hydrogens is 326 g/mol. The second kappa shape index (κ2) is 7.52. The Kier molecular flexibility index (Phi) is 5.35. The summed E-state index contributed by atoms with van der Waals surface area (Å²) in [5.74, 6) is 0.484. The van der Waals surface area contributed by atoms with Crippen LogP contribution in [0.4, 0.5) is 4.79 Å². The highest BCUT2D eigenvalue weighted by molar-refractivity contribution is 5.69. The SMILES string of the molecule is C[C@@H]1CC[C@@H](c2cnn(Cc3ccccc3)c2)N(C(=O)OC(C)(C)C)C1. The molecule has 2 aromatic rings. The van der Waals surface area contributed by atoms with Crippen molar-refractivity contribution in [1.82, 2.24) is 14.7 Å². The third-order valence-corrected chi connectivity index (χ3v) is 4.67. The van der Waals surface area contributed by atoms with Gasteiger partial charge in [-0.1, -0.05) is 37.3 Å². The lowest BCUT2D eigenvalue weighted by atomic mass is 9.91. The number of hydrogen-bond acceptors (Lipinski definition) is 3. The zero-order valence-electron chi connectivity index (χ0n) is 16.2. The fourth-order valence-corrected chi connectivity index (χ4v) is 3.43. The van der Waals surface area contributed by atoms with Crippen LogP contribution in [0.2, 0.25) is 0 Å². The first kappa shape index (κ1) is 18.5. The molecule has 0 spiro atoms. The molecule has 0 unspecified atom stereocenters. The zero-order valence-corrected chi connectivity index (χ0v) is 16.2. The average Bonchev–Trinajstić information content (AvgIpc) is 3.02. The molecule has 3 rings (SSSR count). The fraction of sp³-hybridized carbons (Fsp3) is 0.524. The summed E-state index contributed by atoms with van der Waals surface area (Å²) in [7, 11) is 0. The van der Waals surface area contributed by atoms with Gasteiger partial charge in [-0.25, -0.2) is 4.79 Å². The summed E-state index contributed by atoms with van der Waals surface area (Å²) < 4.78 is 7.58. The van der Waals surface area contributed by atoms with Crippen LogP contribution >= 0.6 is 0 Å². The summed E-state index contributed by atoms with van der Waals surface area (Å²) in [5.41, 5.74) is 1.81. The van der Waals surface area contributed by atoms with E-state index < -0.39 is 5.60 Å². The number of hydrogen-bond donors (Lipinski definition) is 0. The summed E-state index contributed by atoms with van der Waals surface area (Å²) in [5, 5.41) is 4.51. The van der Waals surface area contributed by atoms with E-state index in [9.17, 15) is 4.79 Å². The number of carbonyl (C=O) groups excluding carboxylic acids is 1. The van der Waals surface area contributed by atoms with Crippen molar-refractivity contribution in [2.75, 3.05) is 6.54 Å². The highest BCUT2D eigenvalue weighted by atomic mass is 16.6. The van der Waals surface area contributed by atoms with Gasteiger partial charge in [-0.3, -0.25) is 4.68 Å². The van der Waals surface area contributed by atoms with Gasteiger partial charge in [0.1, 0.15) is 5.60 Å². The Hall–Kier alpha value is -2.30. The molecule has 0 bridgehead atoms. The number of piperidine rings is 1. The Morgan fingerprint density at radius 1 is 1.23 bits per heavy atom. The number of aromatic nitrogens is 2. The van der Waals surface area contributed by atoms with Gasteiger partial charge in [-0.15, -0.1) is 0 Å². The van der Waals surface area contributed by atoms with E-state index in [1.54, 1.807) is 0 Å². The van der Waals surface area contributed by atoms with Gasteiger partial charge in [-0.05, 0) is 45.1 Å². The second-order valence-electron chi connectivity index (χ2n) is 8.29. The van der Waals surface area contributed by atoms with Gasteiger partial charge in [-0.2, -0.15) is 5.10 Å². The van der Waals surface area contributed by atoms with Gasteiger partial charge in [0.2, 0.25) is 0 Å². The Labute approximate surface area is 156 Å². The van der Waals surface area contributed by atoms with Gasteiger partial charge < -0.3 is 9.64 Å². The van der Waals surface area contributed by atoms with Crippen molar-refractivity contribution in [3.63, 3.8) is 0 Å². The molecule has 5 nitrogen and oxygen atoms in total. The van der Waals surface area contributed by atoms with E-state index in [1.165, 1.54) is 5.56 Å². The van der Waals surface area contributed by atoms with Gasteiger partial charge in [0.25, 0.3) is 0 Å². The van der Waals surface area contributed by atoms with Crippen molar-refractivity contribution in [2.45, 2.75) is 58.7 Å². The lowest BCUT2D eigenvalue weighted by molar-refractivity contribution is 0.00363. The van der Waals surface area contributed by atoms with E-state index in [1.807, 2.05) is 54.7 Å². The number of carbonyl (C=O) groups is 1. The molecule has 26 heavy (non-hydrogen) atoms. The Balaban J connectivity index is 1.76. The molecule has 1 aromatic carbocycles. The maximum atomic E-state index is 12.7. The molecule has 1 fully saturated rings. The van der Waals surface area contributed by atoms with Crippen molar-refractivity contribution in [2.24, 2.45) is 5.92 Å². The molecule has 0 N–H and O–H groups in total. The van der Waals surface area contributed by atoms with Crippen LogP contribution in [0.25, 0.3) is 0 Å². The predicted octanol–water partition coefficient (Wildman–Crippen LogP) is 4.64. The first-order valence-electron chi connectivity index (χ1n) is 9.38. The molecule has 5 heteroatoms. The lowest BCUT2D eigenvalue weighted by Gasteiger charge is -2.39. The van der Waals surface area contributed by atoms with Gasteiger partial charge in [0.15, 0.2) is 0 Å². The van der Waals surface area contributed by atoms with E-state index in [4.69, 9.17) is 4.74 Å². The van der Waals surface area contributed by atoms with Crippen molar-refractivity contribution < 1.29 is 9.53 Å². The average molecular weight is 355 g/mol. The summed E-state index contributed by atoms with van der Waals surface area (Å²) in [4.78, 5) is 14.6. The first-order chi connectivity index (χ1) is 12.3. The third-order valence-electron chi connectivity index (χ3n) is 4.67. The smallest absolute Gasteiger partial charge is 0.410 e. The minimum Gasteiger partial charge on any atom is -0.444 e. The van der Waals surface area contributed by atoms with Crippen molar-refractivity contribution in [3.8, 4) is 0 Å². The maximum absolute atomic E-state index is 12.7. The molecule has 0 saturated carbocycles. The molecule has 1 aliphatic heterocycles. The van der Waals surface area contributed by atoms with Crippen LogP contribution in [-0.2, 0) is 11.3 Å². The highest BCUT2D eigenvalue weighted by Gasteiger charge is 2.34. The monoisotopic (exact) mass is 355 g/mol. The van der Waals surface area contributed by atoms with Crippen molar-refractivity contribution in [1.29, 1.82) is 0 Å². The lowest BCUT2D eigenvalue weighted by Crippen LogP contribution is -2.44. The topological polar surface area (TPSA) is 47.4 Å². The van der Waals surface area contributed by atoms with E-state index in [2.05, 4.69) is 30.4 Å². The molecular formula is C21H29N3O2. The minimum atomic E-state index is -0.486. The fourth-order valence-electron chi connectivity index (χ4n) is 3.43. The van der Waals surface area contributed by atoms with E-state index >= 15 is 0 Å². The molecule has 1 aliphatic rings. The van der Waals surface area contributed by atoms with Gasteiger partial charge in [0.05, 0.1) is 18.8 Å². The molecule has 1 amide bonds. The van der Waals surface area contributed by atoms with E-state index in [0.29, 0.717) is 5.92 Å². The van der Waals surface area contributed by atoms with Crippen molar-refractivity contribution in [3.05, 3.63) is 53.9 Å². The van der Waals surface area contributed by atoms with Crippen LogP contribution in [0.15, 0.2) is 42.7 Å². The highest BCUT2D eigenvalue weighted by Crippen LogP contribution is 2.34. The quantitative estimate of drug-likeness (QED) is 0.806. The van der Waals surface area contributed by atoms with Crippen LogP contribution in [0.5, 0.6) is 0 Å². The number of rotatable bonds is 3. The number of likely N-dealkylation sites (tertiary alicyclic amines) is 1. The maximum Gasteiger partial charge on any atom is 0.410 e. The first-order valence-corrected chi connectivity index (χ1v) is 9.38. The minimum absolute atomic E-state index is 0.0329. The van der Waals surface area contributed by atoms with E-state index in [-0.39, 0.29) is 12.1 Å². The standard InChI is InChI=1S/C21H29N3O2/c1-16-10-11-19(24(13-16)20(25)26-21(2,3)4)18-12-22-23(15-18)14-17-8-6-5-7-9-17/h5-9,12,15-16,19H,10-11,13-14H2,1-4H3/t16-,19+/m1/s1. The second-order valence-corrected chi connectivity index (χ2v) is 8.29. The van der Waals surface area contributed by atoms with Crippen LogP contribution in [0.1, 0.15) is 57.7 Å². The Bertz CT molecular complexity index is 733. The molecule has 2 atom stereocenters. The molecule has 140 valence electrons. The summed E-state index contributed by atoms with van der Waals surface area (Å²) in [6, 6.07) is 10.3. The molecule has 0 radical (unpaired) electrons.